The average molecular weight is 288 g/mol. The van der Waals surface area contributed by atoms with E-state index in [0.29, 0.717) is 0 Å². The van der Waals surface area contributed by atoms with Crippen molar-refractivity contribution >= 4 is 11.6 Å². The second-order valence-electron chi connectivity index (χ2n) is 6.07. The Bertz CT molecular complexity index is 473. The molecule has 0 fully saturated rings. The van der Waals surface area contributed by atoms with Crippen molar-refractivity contribution in [1.82, 2.24) is 0 Å². The molecule has 0 radical (unpaired) electrons. The van der Waals surface area contributed by atoms with Gasteiger partial charge in [0.15, 0.2) is 0 Å². The number of carbonyl (C=O) groups is 2. The highest BCUT2D eigenvalue weighted by Gasteiger charge is 2.35. The van der Waals surface area contributed by atoms with Gasteiger partial charge in [0.25, 0.3) is 0 Å². The Morgan fingerprint density at radius 1 is 1.00 bits per heavy atom. The largest absolute Gasteiger partial charge is 0.300 e. The predicted octanol–water partition coefficient (Wildman–Crippen LogP) is 4.70. The molecule has 0 aromatic heterocycles. The van der Waals surface area contributed by atoms with Crippen LogP contribution in [-0.4, -0.2) is 11.6 Å². The molecule has 0 aliphatic rings. The molecule has 0 saturated carbocycles. The summed E-state index contributed by atoms with van der Waals surface area (Å²) in [4.78, 5) is 24.3. The highest BCUT2D eigenvalue weighted by atomic mass is 16.1. The molecule has 116 valence electrons. The lowest BCUT2D eigenvalue weighted by Crippen LogP contribution is -2.32. The fourth-order valence-electron chi connectivity index (χ4n) is 3.30. The number of ketones is 2. The van der Waals surface area contributed by atoms with Gasteiger partial charge in [0.2, 0.25) is 0 Å². The lowest BCUT2D eigenvalue weighted by molar-refractivity contribution is -0.131. The maximum atomic E-state index is 12.3. The lowest BCUT2D eigenvalue weighted by atomic mass is 9.71. The van der Waals surface area contributed by atoms with E-state index in [2.05, 4.69) is 45.0 Å². The van der Waals surface area contributed by atoms with E-state index in [0.717, 1.165) is 19.3 Å². The van der Waals surface area contributed by atoms with Crippen LogP contribution in [-0.2, 0) is 9.59 Å². The summed E-state index contributed by atoms with van der Waals surface area (Å²) in [6, 6.07) is 8.36. The van der Waals surface area contributed by atoms with Crippen molar-refractivity contribution in [2.45, 2.75) is 59.8 Å². The van der Waals surface area contributed by atoms with Crippen LogP contribution in [0.4, 0.5) is 0 Å². The lowest BCUT2D eigenvalue weighted by Gasteiger charge is -2.30. The van der Waals surface area contributed by atoms with Crippen LogP contribution in [0.25, 0.3) is 0 Å². The molecule has 2 heteroatoms. The summed E-state index contributed by atoms with van der Waals surface area (Å²) in [7, 11) is 0. The van der Waals surface area contributed by atoms with Crippen LogP contribution in [0.1, 0.15) is 64.0 Å². The zero-order valence-corrected chi connectivity index (χ0v) is 14.0. The minimum absolute atomic E-state index is 0.128. The van der Waals surface area contributed by atoms with Crippen molar-refractivity contribution in [3.05, 3.63) is 35.4 Å². The molecule has 0 saturated heterocycles. The van der Waals surface area contributed by atoms with Gasteiger partial charge < -0.3 is 0 Å². The summed E-state index contributed by atoms with van der Waals surface area (Å²) in [5.74, 6) is 0.0520. The Hall–Kier alpha value is -1.44. The average Bonchev–Trinajstić information content (AvgIpc) is 2.43. The van der Waals surface area contributed by atoms with Crippen LogP contribution in [0.5, 0.6) is 0 Å². The topological polar surface area (TPSA) is 34.1 Å². The van der Waals surface area contributed by atoms with Gasteiger partial charge in [0, 0.05) is 11.8 Å². The van der Waals surface area contributed by atoms with E-state index in [9.17, 15) is 9.59 Å². The van der Waals surface area contributed by atoms with Crippen molar-refractivity contribution in [2.75, 3.05) is 0 Å². The molecule has 0 N–H and O–H groups in total. The summed E-state index contributed by atoms with van der Waals surface area (Å²) < 4.78 is 0. The molecule has 0 heterocycles. The maximum absolute atomic E-state index is 12.3. The number of benzene rings is 1. The number of hydrogen-bond donors (Lipinski definition) is 0. The number of carbonyl (C=O) groups excluding carboxylic acids is 2. The van der Waals surface area contributed by atoms with Gasteiger partial charge in [-0.25, -0.2) is 0 Å². The van der Waals surface area contributed by atoms with E-state index in [1.165, 1.54) is 11.1 Å². The highest BCUT2D eigenvalue weighted by molar-refractivity contribution is 5.88. The van der Waals surface area contributed by atoms with Crippen molar-refractivity contribution in [1.29, 1.82) is 0 Å². The van der Waals surface area contributed by atoms with Crippen molar-refractivity contribution in [3.8, 4) is 0 Å². The molecule has 0 spiro atoms. The Morgan fingerprint density at radius 3 is 1.95 bits per heavy atom. The predicted molar refractivity (Wildman–Crippen MR) is 87.5 cm³/mol. The first-order chi connectivity index (χ1) is 9.92. The van der Waals surface area contributed by atoms with Gasteiger partial charge >= 0.3 is 0 Å². The second kappa shape index (κ2) is 8.11. The number of Topliss-reactive ketones (excluding diaryl/α,β-unsaturated/α-hetero) is 2. The standard InChI is InChI=1S/C19H28O2/c1-6-8-18(14(4)20)19(15(5)21)17(7-2)16-11-9-13(3)10-12-16/h9-12,17-19H,6-8H2,1-5H3. The smallest absolute Gasteiger partial charge is 0.134 e. The Morgan fingerprint density at radius 2 is 1.57 bits per heavy atom. The minimum Gasteiger partial charge on any atom is -0.300 e. The first-order valence-electron chi connectivity index (χ1n) is 7.99. The SMILES string of the molecule is CCCC(C(C)=O)C(C(C)=O)C(CC)c1ccc(C)cc1. The zero-order chi connectivity index (χ0) is 16.0. The van der Waals surface area contributed by atoms with Gasteiger partial charge in [0.05, 0.1) is 0 Å². The molecule has 0 bridgehead atoms. The summed E-state index contributed by atoms with van der Waals surface area (Å²) in [6.45, 7) is 9.48. The molecule has 1 rings (SSSR count). The van der Waals surface area contributed by atoms with Crippen LogP contribution in [0.3, 0.4) is 0 Å². The van der Waals surface area contributed by atoms with Crippen LogP contribution in [0, 0.1) is 18.8 Å². The van der Waals surface area contributed by atoms with E-state index in [1.54, 1.807) is 13.8 Å². The monoisotopic (exact) mass is 288 g/mol. The van der Waals surface area contributed by atoms with Gasteiger partial charge in [-0.05, 0) is 45.1 Å². The van der Waals surface area contributed by atoms with E-state index >= 15 is 0 Å². The molecule has 21 heavy (non-hydrogen) atoms. The van der Waals surface area contributed by atoms with Crippen molar-refractivity contribution < 1.29 is 9.59 Å². The van der Waals surface area contributed by atoms with Gasteiger partial charge in [-0.3, -0.25) is 9.59 Å². The van der Waals surface area contributed by atoms with Crippen LogP contribution < -0.4 is 0 Å². The van der Waals surface area contributed by atoms with Crippen LogP contribution >= 0.6 is 0 Å². The Balaban J connectivity index is 3.19. The molecule has 3 atom stereocenters. The van der Waals surface area contributed by atoms with E-state index in [1.807, 2.05) is 0 Å². The first kappa shape index (κ1) is 17.6. The van der Waals surface area contributed by atoms with Gasteiger partial charge in [0.1, 0.15) is 11.6 Å². The van der Waals surface area contributed by atoms with Crippen LogP contribution in [0.2, 0.25) is 0 Å². The van der Waals surface area contributed by atoms with Gasteiger partial charge in [-0.15, -0.1) is 0 Å². The highest BCUT2D eigenvalue weighted by Crippen LogP contribution is 2.36. The number of rotatable bonds is 8. The molecule has 3 unspecified atom stereocenters. The third kappa shape index (κ3) is 4.52. The van der Waals surface area contributed by atoms with E-state index in [-0.39, 0.29) is 29.3 Å². The van der Waals surface area contributed by atoms with Gasteiger partial charge in [-0.2, -0.15) is 0 Å². The molecular formula is C19H28O2. The maximum Gasteiger partial charge on any atom is 0.134 e. The Labute approximate surface area is 128 Å². The van der Waals surface area contributed by atoms with E-state index < -0.39 is 0 Å². The van der Waals surface area contributed by atoms with Crippen LogP contribution in [0.15, 0.2) is 24.3 Å². The summed E-state index contributed by atoms with van der Waals surface area (Å²) in [6.07, 6.45) is 2.60. The third-order valence-electron chi connectivity index (χ3n) is 4.40. The molecule has 0 aliphatic heterocycles. The van der Waals surface area contributed by atoms with Crippen molar-refractivity contribution in [3.63, 3.8) is 0 Å². The van der Waals surface area contributed by atoms with Crippen molar-refractivity contribution in [2.24, 2.45) is 11.8 Å². The Kier molecular flexibility index (Phi) is 6.80. The quantitative estimate of drug-likeness (QED) is 0.695. The summed E-state index contributed by atoms with van der Waals surface area (Å²) in [5, 5.41) is 0. The molecule has 1 aromatic rings. The zero-order valence-electron chi connectivity index (χ0n) is 14.0. The molecule has 1 aromatic carbocycles. The number of aryl methyl sites for hydroxylation is 1. The third-order valence-corrected chi connectivity index (χ3v) is 4.40. The molecule has 0 amide bonds. The summed E-state index contributed by atoms with van der Waals surface area (Å²) >= 11 is 0. The fourth-order valence-corrected chi connectivity index (χ4v) is 3.30. The normalized spacial score (nSPS) is 15.3. The first-order valence-corrected chi connectivity index (χ1v) is 7.99. The number of hydrogen-bond acceptors (Lipinski definition) is 2. The molecule has 0 aliphatic carbocycles. The fraction of sp³-hybridized carbons (Fsp3) is 0.579. The molecular weight excluding hydrogens is 260 g/mol. The second-order valence-corrected chi connectivity index (χ2v) is 6.07. The summed E-state index contributed by atoms with van der Waals surface area (Å²) in [5.41, 5.74) is 2.38. The van der Waals surface area contributed by atoms with Gasteiger partial charge in [-0.1, -0.05) is 50.1 Å². The van der Waals surface area contributed by atoms with E-state index in [4.69, 9.17) is 0 Å². The molecule has 2 nitrogen and oxygen atoms in total. The minimum atomic E-state index is -0.199.